The Bertz CT molecular complexity index is 1390. The van der Waals surface area contributed by atoms with Crippen molar-refractivity contribution in [3.8, 4) is 28.8 Å². The standard InChI is InChI=1S/C28H29N5O/c1-5-23-25(6-2)32(18(3)30-23)21-15-22-24(16-21)31-33(26-9-7-8-10-27(26)34-4)28(22)20-13-11-19(17-29)12-14-20/h7-14,21H,5-6,15-16H2,1-4H3/t21-/m0/s1. The zero-order chi connectivity index (χ0) is 23.8. The first kappa shape index (κ1) is 22.0. The van der Waals surface area contributed by atoms with Gasteiger partial charge in [0.25, 0.3) is 0 Å². The van der Waals surface area contributed by atoms with E-state index in [1.165, 1.54) is 17.0 Å². The second kappa shape index (κ2) is 8.83. The predicted octanol–water partition coefficient (Wildman–Crippen LogP) is 5.39. The fraction of sp³-hybridized carbons (Fsp3) is 0.321. The number of nitrogens with zero attached hydrogens (tertiary/aromatic N) is 5. The molecular weight excluding hydrogens is 422 g/mol. The average molecular weight is 452 g/mol. The summed E-state index contributed by atoms with van der Waals surface area (Å²) in [5, 5.41) is 14.4. The summed E-state index contributed by atoms with van der Waals surface area (Å²) < 4.78 is 10.1. The summed E-state index contributed by atoms with van der Waals surface area (Å²) in [5.74, 6) is 1.86. The topological polar surface area (TPSA) is 68.7 Å². The van der Waals surface area contributed by atoms with Crippen LogP contribution in [0, 0.1) is 18.3 Å². The summed E-state index contributed by atoms with van der Waals surface area (Å²) in [6, 6.07) is 18.3. The Labute approximate surface area is 200 Å². The van der Waals surface area contributed by atoms with Crippen molar-refractivity contribution in [2.24, 2.45) is 0 Å². The van der Waals surface area contributed by atoms with Gasteiger partial charge in [0.05, 0.1) is 35.8 Å². The van der Waals surface area contributed by atoms with E-state index in [1.54, 1.807) is 7.11 Å². The van der Waals surface area contributed by atoms with Crippen LogP contribution in [0.2, 0.25) is 0 Å². The highest BCUT2D eigenvalue weighted by atomic mass is 16.5. The van der Waals surface area contributed by atoms with Crippen molar-refractivity contribution in [2.75, 3.05) is 7.11 Å². The van der Waals surface area contributed by atoms with E-state index in [0.29, 0.717) is 11.6 Å². The molecule has 2 aromatic heterocycles. The Hall–Kier alpha value is -3.85. The number of nitriles is 1. The molecule has 172 valence electrons. The van der Waals surface area contributed by atoms with E-state index in [-0.39, 0.29) is 0 Å². The molecule has 2 heterocycles. The molecule has 0 aliphatic heterocycles. The lowest BCUT2D eigenvalue weighted by Crippen LogP contribution is -2.15. The van der Waals surface area contributed by atoms with Gasteiger partial charge in [0.2, 0.25) is 0 Å². The summed E-state index contributed by atoms with van der Waals surface area (Å²) in [4.78, 5) is 4.87. The molecule has 6 heteroatoms. The van der Waals surface area contributed by atoms with E-state index < -0.39 is 0 Å². The van der Waals surface area contributed by atoms with Gasteiger partial charge in [-0.25, -0.2) is 9.67 Å². The Kier molecular flexibility index (Phi) is 5.70. The normalized spacial score (nSPS) is 14.7. The monoisotopic (exact) mass is 451 g/mol. The molecule has 0 amide bonds. The van der Waals surface area contributed by atoms with E-state index >= 15 is 0 Å². The van der Waals surface area contributed by atoms with Gasteiger partial charge in [-0.1, -0.05) is 38.1 Å². The van der Waals surface area contributed by atoms with E-state index in [1.807, 2.05) is 53.2 Å². The number of benzene rings is 2. The van der Waals surface area contributed by atoms with Gasteiger partial charge in [0, 0.05) is 29.3 Å². The van der Waals surface area contributed by atoms with Crippen LogP contribution in [0.4, 0.5) is 0 Å². The fourth-order valence-electron chi connectivity index (χ4n) is 5.36. The van der Waals surface area contributed by atoms with Crippen molar-refractivity contribution in [1.82, 2.24) is 19.3 Å². The average Bonchev–Trinajstić information content (AvgIpc) is 3.53. The minimum Gasteiger partial charge on any atom is -0.494 e. The van der Waals surface area contributed by atoms with Crippen LogP contribution in [-0.4, -0.2) is 26.4 Å². The number of imidazole rings is 1. The maximum Gasteiger partial charge on any atom is 0.144 e. The number of fused-ring (bicyclic) bond motifs is 1. The first-order valence-electron chi connectivity index (χ1n) is 11.9. The number of hydrogen-bond acceptors (Lipinski definition) is 4. The largest absolute Gasteiger partial charge is 0.494 e. The van der Waals surface area contributed by atoms with E-state index in [4.69, 9.17) is 14.8 Å². The Morgan fingerprint density at radius 2 is 1.82 bits per heavy atom. The minimum atomic E-state index is 0.310. The highest BCUT2D eigenvalue weighted by molar-refractivity contribution is 5.70. The number of ether oxygens (including phenoxy) is 1. The van der Waals surface area contributed by atoms with Crippen LogP contribution in [-0.2, 0) is 25.7 Å². The van der Waals surface area contributed by atoms with Gasteiger partial charge in [-0.15, -0.1) is 0 Å². The quantitative estimate of drug-likeness (QED) is 0.394. The van der Waals surface area contributed by atoms with Crippen molar-refractivity contribution < 1.29 is 4.74 Å². The van der Waals surface area contributed by atoms with Crippen LogP contribution in [0.25, 0.3) is 16.9 Å². The van der Waals surface area contributed by atoms with Gasteiger partial charge in [-0.2, -0.15) is 10.4 Å². The van der Waals surface area contributed by atoms with Gasteiger partial charge >= 0.3 is 0 Å². The number of methoxy groups -OCH3 is 1. The predicted molar refractivity (Wildman–Crippen MR) is 132 cm³/mol. The molecular formula is C28H29N5O. The highest BCUT2D eigenvalue weighted by Gasteiger charge is 2.33. The number of hydrogen-bond donors (Lipinski definition) is 0. The molecule has 1 aliphatic carbocycles. The molecule has 0 saturated heterocycles. The smallest absolute Gasteiger partial charge is 0.144 e. The van der Waals surface area contributed by atoms with Crippen LogP contribution in [0.5, 0.6) is 5.75 Å². The second-order valence-electron chi connectivity index (χ2n) is 8.74. The third-order valence-corrected chi connectivity index (χ3v) is 6.84. The summed E-state index contributed by atoms with van der Waals surface area (Å²) >= 11 is 0. The van der Waals surface area contributed by atoms with E-state index in [0.717, 1.165) is 59.9 Å². The molecule has 6 nitrogen and oxygen atoms in total. The second-order valence-corrected chi connectivity index (χ2v) is 8.74. The Balaban J connectivity index is 1.65. The minimum absolute atomic E-state index is 0.310. The molecule has 0 fully saturated rings. The van der Waals surface area contributed by atoms with Gasteiger partial charge in [0.15, 0.2) is 0 Å². The maximum absolute atomic E-state index is 9.28. The number of aromatic nitrogens is 4. The fourth-order valence-corrected chi connectivity index (χ4v) is 5.36. The van der Waals surface area contributed by atoms with Crippen molar-refractivity contribution in [1.29, 1.82) is 5.26 Å². The Morgan fingerprint density at radius 1 is 1.06 bits per heavy atom. The molecule has 4 aromatic rings. The summed E-state index contributed by atoms with van der Waals surface area (Å²) in [6.07, 6.45) is 3.69. The van der Waals surface area contributed by atoms with Crippen molar-refractivity contribution in [2.45, 2.75) is 52.5 Å². The van der Waals surface area contributed by atoms with Crippen LogP contribution in [0.15, 0.2) is 48.5 Å². The summed E-state index contributed by atoms with van der Waals surface area (Å²) in [5.41, 5.74) is 8.59. The Morgan fingerprint density at radius 3 is 2.50 bits per heavy atom. The third kappa shape index (κ3) is 3.49. The molecule has 1 aliphatic rings. The molecule has 5 rings (SSSR count). The zero-order valence-corrected chi connectivity index (χ0v) is 20.2. The van der Waals surface area contributed by atoms with Gasteiger partial charge in [0.1, 0.15) is 17.3 Å². The molecule has 34 heavy (non-hydrogen) atoms. The molecule has 0 unspecified atom stereocenters. The van der Waals surface area contributed by atoms with Gasteiger partial charge in [-0.3, -0.25) is 0 Å². The molecule has 0 saturated carbocycles. The molecule has 0 N–H and O–H groups in total. The summed E-state index contributed by atoms with van der Waals surface area (Å²) in [7, 11) is 1.69. The summed E-state index contributed by atoms with van der Waals surface area (Å²) in [6.45, 7) is 6.50. The highest BCUT2D eigenvalue weighted by Crippen LogP contribution is 2.40. The lowest BCUT2D eigenvalue weighted by molar-refractivity contribution is 0.411. The number of para-hydroxylation sites is 2. The van der Waals surface area contributed by atoms with E-state index in [9.17, 15) is 5.26 Å². The van der Waals surface area contributed by atoms with Crippen LogP contribution in [0.1, 0.15) is 53.9 Å². The molecule has 0 spiro atoms. The lowest BCUT2D eigenvalue weighted by atomic mass is 10.0. The number of rotatable bonds is 6. The lowest BCUT2D eigenvalue weighted by Gasteiger charge is -2.19. The van der Waals surface area contributed by atoms with Crippen LogP contribution < -0.4 is 4.74 Å². The van der Waals surface area contributed by atoms with Crippen LogP contribution in [0.3, 0.4) is 0 Å². The molecule has 1 atom stereocenters. The van der Waals surface area contributed by atoms with Crippen molar-refractivity contribution in [3.63, 3.8) is 0 Å². The molecule has 0 bridgehead atoms. The zero-order valence-electron chi connectivity index (χ0n) is 20.2. The number of aryl methyl sites for hydroxylation is 2. The molecule has 0 radical (unpaired) electrons. The van der Waals surface area contributed by atoms with Gasteiger partial charge in [-0.05, 0) is 50.5 Å². The van der Waals surface area contributed by atoms with Crippen molar-refractivity contribution in [3.05, 3.63) is 82.6 Å². The third-order valence-electron chi connectivity index (χ3n) is 6.84. The molecule has 2 aromatic carbocycles. The first-order chi connectivity index (χ1) is 16.6. The van der Waals surface area contributed by atoms with E-state index in [2.05, 4.69) is 31.4 Å². The van der Waals surface area contributed by atoms with Gasteiger partial charge < -0.3 is 9.30 Å². The maximum atomic E-state index is 9.28. The SMILES string of the molecule is CCc1nc(C)n([C@@H]2Cc3nn(-c4ccccc4OC)c(-c4ccc(C#N)cc4)c3C2)c1CC. The first-order valence-corrected chi connectivity index (χ1v) is 11.9. The van der Waals surface area contributed by atoms with Crippen LogP contribution >= 0.6 is 0 Å². The van der Waals surface area contributed by atoms with Crippen molar-refractivity contribution >= 4 is 0 Å².